The minimum absolute atomic E-state index is 0.0915. The second-order valence-corrected chi connectivity index (χ2v) is 7.94. The Bertz CT molecular complexity index is 1300. The molecule has 8 heteroatoms. The number of pyridine rings is 3. The van der Waals surface area contributed by atoms with Gasteiger partial charge in [-0.1, -0.05) is 19.9 Å². The summed E-state index contributed by atoms with van der Waals surface area (Å²) in [5.74, 6) is 1.67. The Morgan fingerprint density at radius 3 is 2.64 bits per heavy atom. The van der Waals surface area contributed by atoms with Gasteiger partial charge in [-0.25, -0.2) is 4.98 Å². The molecule has 166 valence electrons. The number of aromatic nitrogens is 5. The number of anilines is 2. The highest BCUT2D eigenvalue weighted by molar-refractivity contribution is 6.10. The van der Waals surface area contributed by atoms with E-state index < -0.39 is 0 Å². The van der Waals surface area contributed by atoms with Crippen molar-refractivity contribution in [3.05, 3.63) is 84.1 Å². The van der Waals surface area contributed by atoms with Crippen molar-refractivity contribution in [1.29, 1.82) is 0 Å². The number of nitrogens with one attached hydrogen (secondary N) is 1. The van der Waals surface area contributed by atoms with Gasteiger partial charge in [0.25, 0.3) is 0 Å². The van der Waals surface area contributed by atoms with E-state index in [4.69, 9.17) is 10.7 Å². The summed E-state index contributed by atoms with van der Waals surface area (Å²) in [5.41, 5.74) is 11.0. The van der Waals surface area contributed by atoms with Gasteiger partial charge < -0.3 is 11.1 Å². The summed E-state index contributed by atoms with van der Waals surface area (Å²) in [5, 5.41) is 11.5. The SMILES string of the molecule is CC(C)c1cnnc(Nc2ccc3ncc(C(C=NC(C)c4ccccn4)=CN)cc3n2)c1. The number of hydrogen-bond acceptors (Lipinski definition) is 8. The predicted molar refractivity (Wildman–Crippen MR) is 132 cm³/mol. The molecule has 1 unspecified atom stereocenters. The van der Waals surface area contributed by atoms with Crippen molar-refractivity contribution < 1.29 is 0 Å². The fourth-order valence-corrected chi connectivity index (χ4v) is 3.23. The standard InChI is InChI=1S/C25H26N8/c1-16(2)18-11-25(33-30-15-18)32-24-8-7-22-23(31-24)10-19(13-29-22)20(12-26)14-28-17(3)21-6-4-5-9-27-21/h4-17H,26H2,1-3H3,(H,31,32,33). The lowest BCUT2D eigenvalue weighted by Gasteiger charge is -2.09. The highest BCUT2D eigenvalue weighted by atomic mass is 15.2. The second-order valence-electron chi connectivity index (χ2n) is 7.94. The third kappa shape index (κ3) is 5.35. The third-order valence-electron chi connectivity index (χ3n) is 5.20. The number of nitrogens with two attached hydrogens (primary N) is 1. The average molecular weight is 439 g/mol. The fourth-order valence-electron chi connectivity index (χ4n) is 3.23. The summed E-state index contributed by atoms with van der Waals surface area (Å²) in [4.78, 5) is 18.2. The molecule has 4 rings (SSSR count). The van der Waals surface area contributed by atoms with Crippen LogP contribution in [0.5, 0.6) is 0 Å². The minimum atomic E-state index is -0.0915. The minimum Gasteiger partial charge on any atom is -0.404 e. The van der Waals surface area contributed by atoms with Crippen molar-refractivity contribution in [2.75, 3.05) is 5.32 Å². The van der Waals surface area contributed by atoms with Crippen LogP contribution in [0, 0.1) is 0 Å². The molecular weight excluding hydrogens is 412 g/mol. The van der Waals surface area contributed by atoms with Crippen molar-refractivity contribution in [1.82, 2.24) is 25.1 Å². The van der Waals surface area contributed by atoms with Gasteiger partial charge in [0.15, 0.2) is 5.82 Å². The third-order valence-corrected chi connectivity index (χ3v) is 5.20. The van der Waals surface area contributed by atoms with Crippen molar-refractivity contribution in [3.63, 3.8) is 0 Å². The lowest BCUT2D eigenvalue weighted by molar-refractivity contribution is 0.788. The number of nitrogens with zero attached hydrogens (tertiary/aromatic N) is 6. The highest BCUT2D eigenvalue weighted by Crippen LogP contribution is 2.22. The summed E-state index contributed by atoms with van der Waals surface area (Å²) >= 11 is 0. The Morgan fingerprint density at radius 1 is 1.00 bits per heavy atom. The smallest absolute Gasteiger partial charge is 0.154 e. The van der Waals surface area contributed by atoms with Gasteiger partial charge in [0, 0.05) is 35.9 Å². The molecular formula is C25H26N8. The maximum atomic E-state index is 5.90. The summed E-state index contributed by atoms with van der Waals surface area (Å²) in [6.07, 6.45) is 8.57. The van der Waals surface area contributed by atoms with Crippen LogP contribution < -0.4 is 11.1 Å². The predicted octanol–water partition coefficient (Wildman–Crippen LogP) is 4.81. The summed E-state index contributed by atoms with van der Waals surface area (Å²) < 4.78 is 0. The van der Waals surface area contributed by atoms with E-state index in [0.717, 1.165) is 33.4 Å². The van der Waals surface area contributed by atoms with Gasteiger partial charge in [0.2, 0.25) is 0 Å². The molecule has 0 radical (unpaired) electrons. The molecule has 0 aliphatic heterocycles. The van der Waals surface area contributed by atoms with Crippen molar-refractivity contribution in [2.24, 2.45) is 10.7 Å². The van der Waals surface area contributed by atoms with Crippen molar-refractivity contribution in [2.45, 2.75) is 32.7 Å². The molecule has 4 heterocycles. The van der Waals surface area contributed by atoms with E-state index in [-0.39, 0.29) is 6.04 Å². The molecule has 0 spiro atoms. The van der Waals surface area contributed by atoms with E-state index in [1.807, 2.05) is 49.4 Å². The first-order valence-corrected chi connectivity index (χ1v) is 10.8. The van der Waals surface area contributed by atoms with Gasteiger partial charge in [0.1, 0.15) is 5.82 Å². The molecule has 0 aliphatic carbocycles. The number of rotatable bonds is 7. The lowest BCUT2D eigenvalue weighted by Crippen LogP contribution is -2.01. The van der Waals surface area contributed by atoms with E-state index in [1.54, 1.807) is 24.8 Å². The molecule has 33 heavy (non-hydrogen) atoms. The summed E-state index contributed by atoms with van der Waals surface area (Å²) in [6.45, 7) is 6.22. The van der Waals surface area contributed by atoms with Gasteiger partial charge in [-0.05, 0) is 54.8 Å². The highest BCUT2D eigenvalue weighted by Gasteiger charge is 2.08. The van der Waals surface area contributed by atoms with Crippen LogP contribution in [0.2, 0.25) is 0 Å². The molecule has 0 bridgehead atoms. The Balaban J connectivity index is 1.57. The second kappa shape index (κ2) is 9.95. The van der Waals surface area contributed by atoms with Crippen LogP contribution in [-0.2, 0) is 0 Å². The topological polar surface area (TPSA) is 115 Å². The van der Waals surface area contributed by atoms with Gasteiger partial charge >= 0.3 is 0 Å². The fraction of sp³-hybridized carbons (Fsp3) is 0.200. The largest absolute Gasteiger partial charge is 0.404 e. The Kier molecular flexibility index (Phi) is 6.64. The van der Waals surface area contributed by atoms with E-state index >= 15 is 0 Å². The molecule has 0 saturated heterocycles. The van der Waals surface area contributed by atoms with Crippen molar-refractivity contribution in [3.8, 4) is 0 Å². The molecule has 8 nitrogen and oxygen atoms in total. The first-order valence-electron chi connectivity index (χ1n) is 10.8. The molecule has 4 aromatic heterocycles. The van der Waals surface area contributed by atoms with Gasteiger partial charge in [-0.2, -0.15) is 5.10 Å². The maximum absolute atomic E-state index is 5.90. The molecule has 0 fully saturated rings. The maximum Gasteiger partial charge on any atom is 0.154 e. The zero-order chi connectivity index (χ0) is 23.2. The number of aliphatic imine (C=N–C) groups is 1. The number of allylic oxidation sites excluding steroid dienone is 1. The molecule has 0 saturated carbocycles. The molecule has 0 aromatic carbocycles. The normalized spacial score (nSPS) is 13.0. The zero-order valence-electron chi connectivity index (χ0n) is 18.8. The van der Waals surface area contributed by atoms with Gasteiger partial charge in [-0.15, -0.1) is 5.10 Å². The van der Waals surface area contributed by atoms with E-state index in [2.05, 4.69) is 44.3 Å². The van der Waals surface area contributed by atoms with Crippen LogP contribution in [0.3, 0.4) is 0 Å². The average Bonchev–Trinajstić information content (AvgIpc) is 2.84. The molecule has 1 atom stereocenters. The lowest BCUT2D eigenvalue weighted by atomic mass is 10.1. The van der Waals surface area contributed by atoms with Gasteiger partial charge in [0.05, 0.1) is 29.0 Å². The molecule has 0 aliphatic rings. The van der Waals surface area contributed by atoms with Crippen LogP contribution in [0.4, 0.5) is 11.6 Å². The van der Waals surface area contributed by atoms with Crippen LogP contribution in [0.1, 0.15) is 49.6 Å². The van der Waals surface area contributed by atoms with E-state index in [9.17, 15) is 0 Å². The Morgan fingerprint density at radius 2 is 1.88 bits per heavy atom. The van der Waals surface area contributed by atoms with E-state index in [0.29, 0.717) is 17.6 Å². The summed E-state index contributed by atoms with van der Waals surface area (Å²) in [6, 6.07) is 13.4. The molecule has 4 aromatic rings. The first-order chi connectivity index (χ1) is 16.0. The van der Waals surface area contributed by atoms with E-state index in [1.165, 1.54) is 6.20 Å². The first kappa shape index (κ1) is 22.0. The monoisotopic (exact) mass is 438 g/mol. The van der Waals surface area contributed by atoms with Crippen LogP contribution in [-0.4, -0.2) is 31.4 Å². The Hall–Kier alpha value is -4.20. The Labute approximate surface area is 192 Å². The number of fused-ring (bicyclic) bond motifs is 1. The van der Waals surface area contributed by atoms with Crippen LogP contribution >= 0.6 is 0 Å². The van der Waals surface area contributed by atoms with Gasteiger partial charge in [-0.3, -0.25) is 15.0 Å². The van der Waals surface area contributed by atoms with Crippen molar-refractivity contribution >= 4 is 34.5 Å². The quantitative estimate of drug-likeness (QED) is 0.398. The molecule has 0 amide bonds. The van der Waals surface area contributed by atoms with Crippen LogP contribution in [0.15, 0.2) is 72.2 Å². The zero-order valence-corrected chi connectivity index (χ0v) is 18.8. The molecule has 3 N–H and O–H groups in total. The number of hydrogen-bond donors (Lipinski definition) is 2. The summed E-state index contributed by atoms with van der Waals surface area (Å²) in [7, 11) is 0. The van der Waals surface area contributed by atoms with Crippen LogP contribution in [0.25, 0.3) is 16.6 Å².